The zero-order chi connectivity index (χ0) is 17.4. The molecule has 25 heavy (non-hydrogen) atoms. The van der Waals surface area contributed by atoms with Crippen LogP contribution < -0.4 is 4.90 Å². The van der Waals surface area contributed by atoms with Crippen LogP contribution in [0.2, 0.25) is 0 Å². The lowest BCUT2D eigenvalue weighted by Gasteiger charge is -2.33. The van der Waals surface area contributed by atoms with Gasteiger partial charge in [-0.25, -0.2) is 0 Å². The maximum Gasteiger partial charge on any atom is 0.282 e. The Kier molecular flexibility index (Phi) is 4.36. The van der Waals surface area contributed by atoms with Crippen LogP contribution >= 0.6 is 0 Å². The first-order valence-corrected chi connectivity index (χ1v) is 9.49. The largest absolute Gasteiger partial charge is 0.368 e. The summed E-state index contributed by atoms with van der Waals surface area (Å²) in [6.45, 7) is 2.40. The van der Waals surface area contributed by atoms with Crippen molar-refractivity contribution in [2.45, 2.75) is 51.0 Å². The highest BCUT2D eigenvalue weighted by Crippen LogP contribution is 2.40. The highest BCUT2D eigenvalue weighted by Gasteiger charge is 2.36. The molecule has 0 radical (unpaired) electrons. The van der Waals surface area contributed by atoms with Crippen molar-refractivity contribution < 1.29 is 9.72 Å². The van der Waals surface area contributed by atoms with Crippen LogP contribution in [0.5, 0.6) is 0 Å². The molecule has 2 heterocycles. The highest BCUT2D eigenvalue weighted by molar-refractivity contribution is 5.99. The maximum absolute atomic E-state index is 12.8. The summed E-state index contributed by atoms with van der Waals surface area (Å²) in [7, 11) is 0. The van der Waals surface area contributed by atoms with E-state index in [1.54, 1.807) is 11.0 Å². The predicted molar refractivity (Wildman–Crippen MR) is 95.9 cm³/mol. The zero-order valence-electron chi connectivity index (χ0n) is 14.5. The Morgan fingerprint density at radius 1 is 1.04 bits per heavy atom. The van der Waals surface area contributed by atoms with E-state index in [-0.39, 0.29) is 17.2 Å². The van der Waals surface area contributed by atoms with Crippen LogP contribution in [0.25, 0.3) is 0 Å². The van der Waals surface area contributed by atoms with Crippen molar-refractivity contribution in [1.29, 1.82) is 0 Å². The number of carbonyl (C=O) groups excluding carboxylic acids is 1. The number of anilines is 1. The quantitative estimate of drug-likeness (QED) is 0.621. The molecule has 1 aromatic rings. The molecule has 6 heteroatoms. The van der Waals surface area contributed by atoms with Crippen molar-refractivity contribution in [3.05, 3.63) is 33.9 Å². The number of likely N-dealkylation sites (tertiary alicyclic amines) is 1. The van der Waals surface area contributed by atoms with Gasteiger partial charge in [0.2, 0.25) is 0 Å². The average molecular weight is 343 g/mol. The summed E-state index contributed by atoms with van der Waals surface area (Å²) in [5, 5.41) is 11.4. The zero-order valence-corrected chi connectivity index (χ0v) is 14.5. The van der Waals surface area contributed by atoms with Gasteiger partial charge in [0.15, 0.2) is 0 Å². The molecule has 0 aromatic heterocycles. The molecule has 134 valence electrons. The minimum absolute atomic E-state index is 0.0694. The summed E-state index contributed by atoms with van der Waals surface area (Å²) >= 11 is 0. The number of amides is 1. The fourth-order valence-electron chi connectivity index (χ4n) is 4.85. The van der Waals surface area contributed by atoms with Gasteiger partial charge in [-0.05, 0) is 50.2 Å². The Bertz CT molecular complexity index is 684. The Balaban J connectivity index is 1.66. The van der Waals surface area contributed by atoms with Gasteiger partial charge in [0.05, 0.1) is 4.92 Å². The van der Waals surface area contributed by atoms with Crippen molar-refractivity contribution in [2.75, 3.05) is 24.5 Å². The summed E-state index contributed by atoms with van der Waals surface area (Å²) in [4.78, 5) is 28.0. The van der Waals surface area contributed by atoms with Crippen LogP contribution in [0.15, 0.2) is 18.2 Å². The minimum Gasteiger partial charge on any atom is -0.368 e. The number of nitrogens with zero attached hydrogens (tertiary/aromatic N) is 3. The van der Waals surface area contributed by atoms with E-state index in [4.69, 9.17) is 0 Å². The van der Waals surface area contributed by atoms with Gasteiger partial charge in [0.25, 0.3) is 11.6 Å². The number of nitro benzene ring substituents is 1. The van der Waals surface area contributed by atoms with Crippen molar-refractivity contribution in [2.24, 2.45) is 5.92 Å². The molecule has 1 aliphatic carbocycles. The lowest BCUT2D eigenvalue weighted by Crippen LogP contribution is -2.35. The lowest BCUT2D eigenvalue weighted by molar-refractivity contribution is -0.385. The van der Waals surface area contributed by atoms with Gasteiger partial charge in [0.1, 0.15) is 5.56 Å². The molecule has 2 saturated heterocycles. The van der Waals surface area contributed by atoms with E-state index in [0.29, 0.717) is 19.1 Å². The SMILES string of the molecule is O=C(c1cc(N2CCC3CCCCC32)ccc1[N+](=O)[O-])N1CCCC1. The molecule has 3 aliphatic rings. The molecule has 2 unspecified atom stereocenters. The standard InChI is InChI=1S/C19H25N3O3/c23-19(20-10-3-4-11-20)16-13-15(7-8-18(16)22(24)25)21-12-9-14-5-1-2-6-17(14)21/h7-8,13-14,17H,1-6,9-12H2. The Morgan fingerprint density at radius 2 is 1.80 bits per heavy atom. The molecule has 1 saturated carbocycles. The minimum atomic E-state index is -0.430. The van der Waals surface area contributed by atoms with E-state index >= 15 is 0 Å². The molecule has 0 N–H and O–H groups in total. The lowest BCUT2D eigenvalue weighted by atomic mass is 9.85. The van der Waals surface area contributed by atoms with E-state index in [1.165, 1.54) is 38.2 Å². The highest BCUT2D eigenvalue weighted by atomic mass is 16.6. The molecule has 0 spiro atoms. The molecule has 4 rings (SSSR count). The molecular weight excluding hydrogens is 318 g/mol. The van der Waals surface area contributed by atoms with Crippen LogP contribution in [0.4, 0.5) is 11.4 Å². The van der Waals surface area contributed by atoms with E-state index < -0.39 is 4.92 Å². The molecule has 6 nitrogen and oxygen atoms in total. The first-order valence-electron chi connectivity index (χ1n) is 9.49. The number of benzene rings is 1. The monoisotopic (exact) mass is 343 g/mol. The van der Waals surface area contributed by atoms with Crippen LogP contribution in [-0.4, -0.2) is 41.4 Å². The number of nitro groups is 1. The summed E-state index contributed by atoms with van der Waals surface area (Å²) in [5.74, 6) is 0.548. The Morgan fingerprint density at radius 3 is 2.56 bits per heavy atom. The predicted octanol–water partition coefficient (Wildman–Crippen LogP) is 3.60. The summed E-state index contributed by atoms with van der Waals surface area (Å²) in [5.41, 5.74) is 1.16. The van der Waals surface area contributed by atoms with Crippen molar-refractivity contribution in [3.8, 4) is 0 Å². The van der Waals surface area contributed by atoms with Crippen molar-refractivity contribution >= 4 is 17.3 Å². The van der Waals surface area contributed by atoms with Crippen molar-refractivity contribution in [1.82, 2.24) is 4.90 Å². The average Bonchev–Trinajstić information content (AvgIpc) is 3.30. The first-order chi connectivity index (χ1) is 12.1. The fourth-order valence-corrected chi connectivity index (χ4v) is 4.85. The maximum atomic E-state index is 12.8. The van der Waals surface area contributed by atoms with Gasteiger partial charge >= 0.3 is 0 Å². The first kappa shape index (κ1) is 16.4. The van der Waals surface area contributed by atoms with Gasteiger partial charge in [-0.15, -0.1) is 0 Å². The molecule has 2 aliphatic heterocycles. The third-order valence-electron chi connectivity index (χ3n) is 6.14. The van der Waals surface area contributed by atoms with Crippen LogP contribution in [0, 0.1) is 16.0 Å². The summed E-state index contributed by atoms with van der Waals surface area (Å²) in [6, 6.07) is 5.66. The second kappa shape index (κ2) is 6.65. The van der Waals surface area contributed by atoms with Crippen LogP contribution in [0.3, 0.4) is 0 Å². The van der Waals surface area contributed by atoms with Crippen LogP contribution in [-0.2, 0) is 0 Å². The molecule has 0 bridgehead atoms. The normalized spacial score (nSPS) is 25.9. The summed E-state index contributed by atoms with van der Waals surface area (Å²) in [6.07, 6.45) is 8.20. The van der Waals surface area contributed by atoms with Gasteiger partial charge < -0.3 is 9.80 Å². The van der Waals surface area contributed by atoms with Gasteiger partial charge in [-0.1, -0.05) is 12.8 Å². The third-order valence-corrected chi connectivity index (χ3v) is 6.14. The second-order valence-corrected chi connectivity index (χ2v) is 7.55. The number of hydrogen-bond acceptors (Lipinski definition) is 4. The Hall–Kier alpha value is -2.11. The van der Waals surface area contributed by atoms with E-state index in [0.717, 1.165) is 31.0 Å². The fraction of sp³-hybridized carbons (Fsp3) is 0.632. The second-order valence-electron chi connectivity index (χ2n) is 7.55. The van der Waals surface area contributed by atoms with Crippen LogP contribution in [0.1, 0.15) is 55.3 Å². The number of hydrogen-bond donors (Lipinski definition) is 0. The molecule has 2 atom stereocenters. The third kappa shape index (κ3) is 2.98. The smallest absolute Gasteiger partial charge is 0.282 e. The molecule has 1 aromatic carbocycles. The van der Waals surface area contributed by atoms with Gasteiger partial charge in [-0.3, -0.25) is 14.9 Å². The van der Waals surface area contributed by atoms with Crippen molar-refractivity contribution in [3.63, 3.8) is 0 Å². The molecular formula is C19H25N3O3. The van der Waals surface area contributed by atoms with E-state index in [2.05, 4.69) is 4.90 Å². The summed E-state index contributed by atoms with van der Waals surface area (Å²) < 4.78 is 0. The number of rotatable bonds is 3. The van der Waals surface area contributed by atoms with E-state index in [1.807, 2.05) is 6.07 Å². The van der Waals surface area contributed by atoms with E-state index in [9.17, 15) is 14.9 Å². The number of carbonyl (C=O) groups is 1. The molecule has 3 fully saturated rings. The molecule has 1 amide bonds. The number of fused-ring (bicyclic) bond motifs is 1. The van der Waals surface area contributed by atoms with Gasteiger partial charge in [0, 0.05) is 37.4 Å². The Labute approximate surface area is 147 Å². The van der Waals surface area contributed by atoms with Gasteiger partial charge in [-0.2, -0.15) is 0 Å². The topological polar surface area (TPSA) is 66.7 Å².